The molecule has 1 aliphatic carbocycles. The zero-order valence-corrected chi connectivity index (χ0v) is 12.9. The second kappa shape index (κ2) is 7.39. The predicted octanol–water partition coefficient (Wildman–Crippen LogP) is 2.40. The molecule has 0 radical (unpaired) electrons. The minimum Gasteiger partial charge on any atom is -0.393 e. The molecular formula is C18H28N2O. The number of aliphatic hydroxyl groups excluding tert-OH is 1. The number of benzene rings is 1. The smallest absolute Gasteiger partial charge is 0.0580 e. The summed E-state index contributed by atoms with van der Waals surface area (Å²) in [5.41, 5.74) is 1.41. The first kappa shape index (κ1) is 15.0. The second-order valence-corrected chi connectivity index (χ2v) is 6.73. The Labute approximate surface area is 128 Å². The molecule has 0 bridgehead atoms. The molecule has 2 aliphatic rings. The summed E-state index contributed by atoms with van der Waals surface area (Å²) in [5.74, 6) is 0.481. The lowest BCUT2D eigenvalue weighted by Crippen LogP contribution is -2.47. The van der Waals surface area contributed by atoms with Crippen LogP contribution in [-0.4, -0.2) is 41.8 Å². The van der Waals surface area contributed by atoms with Crippen LogP contribution in [0.5, 0.6) is 0 Å². The third-order valence-corrected chi connectivity index (χ3v) is 5.04. The van der Waals surface area contributed by atoms with Crippen molar-refractivity contribution in [1.82, 2.24) is 10.2 Å². The van der Waals surface area contributed by atoms with Crippen molar-refractivity contribution in [2.75, 3.05) is 19.6 Å². The van der Waals surface area contributed by atoms with E-state index in [2.05, 4.69) is 40.5 Å². The SMILES string of the molecule is OC1CCCC1CNC1CCCN(Cc2ccccc2)C1. The van der Waals surface area contributed by atoms with Crippen LogP contribution < -0.4 is 5.32 Å². The van der Waals surface area contributed by atoms with Gasteiger partial charge in [0.1, 0.15) is 0 Å². The topological polar surface area (TPSA) is 35.5 Å². The largest absolute Gasteiger partial charge is 0.393 e. The highest BCUT2D eigenvalue weighted by molar-refractivity contribution is 5.14. The quantitative estimate of drug-likeness (QED) is 0.873. The molecule has 3 atom stereocenters. The first-order valence-electron chi connectivity index (χ1n) is 8.49. The Morgan fingerprint density at radius 1 is 1.10 bits per heavy atom. The molecule has 21 heavy (non-hydrogen) atoms. The lowest BCUT2D eigenvalue weighted by Gasteiger charge is -2.34. The fraction of sp³-hybridized carbons (Fsp3) is 0.667. The Kier molecular flexibility index (Phi) is 5.28. The van der Waals surface area contributed by atoms with Gasteiger partial charge in [0.15, 0.2) is 0 Å². The molecule has 1 aliphatic heterocycles. The third kappa shape index (κ3) is 4.29. The van der Waals surface area contributed by atoms with E-state index in [0.29, 0.717) is 12.0 Å². The van der Waals surface area contributed by atoms with Crippen molar-refractivity contribution in [3.8, 4) is 0 Å². The van der Waals surface area contributed by atoms with Crippen LogP contribution in [0.4, 0.5) is 0 Å². The minimum absolute atomic E-state index is 0.0680. The van der Waals surface area contributed by atoms with Gasteiger partial charge in [0.05, 0.1) is 6.10 Å². The lowest BCUT2D eigenvalue weighted by molar-refractivity contribution is 0.122. The number of likely N-dealkylation sites (tertiary alicyclic amines) is 1. The number of aliphatic hydroxyl groups is 1. The van der Waals surface area contributed by atoms with Crippen molar-refractivity contribution in [3.63, 3.8) is 0 Å². The van der Waals surface area contributed by atoms with Gasteiger partial charge in [0.25, 0.3) is 0 Å². The first-order chi connectivity index (χ1) is 10.3. The molecule has 0 aromatic heterocycles. The number of nitrogens with zero attached hydrogens (tertiary/aromatic N) is 1. The Balaban J connectivity index is 1.44. The van der Waals surface area contributed by atoms with Gasteiger partial charge in [-0.15, -0.1) is 0 Å². The second-order valence-electron chi connectivity index (χ2n) is 6.73. The highest BCUT2D eigenvalue weighted by Gasteiger charge is 2.26. The zero-order chi connectivity index (χ0) is 14.5. The number of hydrogen-bond donors (Lipinski definition) is 2. The molecule has 3 heteroatoms. The van der Waals surface area contributed by atoms with Crippen molar-refractivity contribution in [1.29, 1.82) is 0 Å². The van der Waals surface area contributed by atoms with Crippen LogP contribution in [0.15, 0.2) is 30.3 Å². The van der Waals surface area contributed by atoms with E-state index in [0.717, 1.165) is 26.1 Å². The Hall–Kier alpha value is -0.900. The molecule has 0 spiro atoms. The van der Waals surface area contributed by atoms with E-state index in [-0.39, 0.29) is 6.10 Å². The molecule has 116 valence electrons. The standard InChI is InChI=1S/C18H28N2O/c21-18-10-4-8-16(18)12-19-17-9-5-11-20(14-17)13-15-6-2-1-3-7-15/h1-3,6-7,16-19,21H,4-5,8-14H2. The van der Waals surface area contributed by atoms with E-state index in [1.807, 2.05) is 0 Å². The molecule has 1 heterocycles. The summed E-state index contributed by atoms with van der Waals surface area (Å²) in [4.78, 5) is 2.56. The summed E-state index contributed by atoms with van der Waals surface area (Å²) in [7, 11) is 0. The maximum Gasteiger partial charge on any atom is 0.0580 e. The van der Waals surface area contributed by atoms with Gasteiger partial charge in [-0.25, -0.2) is 0 Å². The highest BCUT2D eigenvalue weighted by Crippen LogP contribution is 2.25. The Morgan fingerprint density at radius 2 is 1.95 bits per heavy atom. The monoisotopic (exact) mass is 288 g/mol. The summed E-state index contributed by atoms with van der Waals surface area (Å²) in [6.45, 7) is 4.40. The lowest BCUT2D eigenvalue weighted by atomic mass is 10.0. The first-order valence-corrected chi connectivity index (χ1v) is 8.49. The van der Waals surface area contributed by atoms with E-state index >= 15 is 0 Å². The summed E-state index contributed by atoms with van der Waals surface area (Å²) in [6, 6.07) is 11.3. The molecule has 1 aromatic carbocycles. The van der Waals surface area contributed by atoms with Crippen molar-refractivity contribution >= 4 is 0 Å². The molecule has 0 amide bonds. The molecule has 2 N–H and O–H groups in total. The average molecular weight is 288 g/mol. The van der Waals surface area contributed by atoms with Crippen LogP contribution >= 0.6 is 0 Å². The number of nitrogens with one attached hydrogen (secondary N) is 1. The average Bonchev–Trinajstić information content (AvgIpc) is 2.92. The Bertz CT molecular complexity index is 422. The molecule has 2 fully saturated rings. The van der Waals surface area contributed by atoms with Crippen LogP contribution in [0.25, 0.3) is 0 Å². The molecule has 3 rings (SSSR count). The predicted molar refractivity (Wildman–Crippen MR) is 86.1 cm³/mol. The summed E-state index contributed by atoms with van der Waals surface area (Å²) >= 11 is 0. The van der Waals surface area contributed by atoms with Crippen LogP contribution in [0.2, 0.25) is 0 Å². The van der Waals surface area contributed by atoms with Crippen LogP contribution in [0, 0.1) is 5.92 Å². The summed E-state index contributed by atoms with van der Waals surface area (Å²) in [5, 5.41) is 13.6. The van der Waals surface area contributed by atoms with Crippen molar-refractivity contribution in [3.05, 3.63) is 35.9 Å². The van der Waals surface area contributed by atoms with Crippen LogP contribution in [-0.2, 0) is 6.54 Å². The van der Waals surface area contributed by atoms with Gasteiger partial charge in [-0.1, -0.05) is 36.8 Å². The van der Waals surface area contributed by atoms with Gasteiger partial charge in [0.2, 0.25) is 0 Å². The summed E-state index contributed by atoms with van der Waals surface area (Å²) < 4.78 is 0. The van der Waals surface area contributed by atoms with Gasteiger partial charge in [0, 0.05) is 25.7 Å². The molecule has 1 saturated heterocycles. The number of hydrogen-bond acceptors (Lipinski definition) is 3. The molecule has 3 unspecified atom stereocenters. The van der Waals surface area contributed by atoms with Gasteiger partial charge in [-0.2, -0.15) is 0 Å². The van der Waals surface area contributed by atoms with Gasteiger partial charge < -0.3 is 10.4 Å². The third-order valence-electron chi connectivity index (χ3n) is 5.04. The molecule has 3 nitrogen and oxygen atoms in total. The highest BCUT2D eigenvalue weighted by atomic mass is 16.3. The van der Waals surface area contributed by atoms with E-state index in [9.17, 15) is 5.11 Å². The van der Waals surface area contributed by atoms with Crippen molar-refractivity contribution in [2.45, 2.75) is 50.8 Å². The fourth-order valence-corrected chi connectivity index (χ4v) is 3.78. The molecule has 1 saturated carbocycles. The van der Waals surface area contributed by atoms with Gasteiger partial charge in [-0.05, 0) is 43.7 Å². The normalized spacial score (nSPS) is 30.6. The van der Waals surface area contributed by atoms with E-state index in [1.54, 1.807) is 0 Å². The van der Waals surface area contributed by atoms with Crippen LogP contribution in [0.1, 0.15) is 37.7 Å². The van der Waals surface area contributed by atoms with Crippen LogP contribution in [0.3, 0.4) is 0 Å². The van der Waals surface area contributed by atoms with Gasteiger partial charge in [-0.3, -0.25) is 4.90 Å². The van der Waals surface area contributed by atoms with E-state index < -0.39 is 0 Å². The molecule has 1 aromatic rings. The zero-order valence-electron chi connectivity index (χ0n) is 12.9. The molecular weight excluding hydrogens is 260 g/mol. The maximum atomic E-state index is 9.91. The number of piperidine rings is 1. The number of rotatable bonds is 5. The van der Waals surface area contributed by atoms with Crippen molar-refractivity contribution in [2.24, 2.45) is 5.92 Å². The minimum atomic E-state index is -0.0680. The van der Waals surface area contributed by atoms with Crippen molar-refractivity contribution < 1.29 is 5.11 Å². The fourth-order valence-electron chi connectivity index (χ4n) is 3.78. The summed E-state index contributed by atoms with van der Waals surface area (Å²) in [6.07, 6.45) is 5.86. The Morgan fingerprint density at radius 3 is 2.71 bits per heavy atom. The van der Waals surface area contributed by atoms with Gasteiger partial charge >= 0.3 is 0 Å². The van der Waals surface area contributed by atoms with E-state index in [4.69, 9.17) is 0 Å². The maximum absolute atomic E-state index is 9.91. The van der Waals surface area contributed by atoms with E-state index in [1.165, 1.54) is 37.8 Å².